The third kappa shape index (κ3) is 6.03. The van der Waals surface area contributed by atoms with E-state index in [-0.39, 0.29) is 12.6 Å². The predicted molar refractivity (Wildman–Crippen MR) is 65.8 cm³/mol. The highest BCUT2D eigenvalue weighted by Gasteiger charge is 2.28. The van der Waals surface area contributed by atoms with Crippen LogP contribution in [0, 0.1) is 0 Å². The van der Waals surface area contributed by atoms with Gasteiger partial charge in [-0.15, -0.1) is 11.6 Å². The molecule has 0 unspecified atom stereocenters. The summed E-state index contributed by atoms with van der Waals surface area (Å²) in [5.41, 5.74) is 0. The molecule has 0 atom stereocenters. The molecule has 5 nitrogen and oxygen atoms in total. The lowest BCUT2D eigenvalue weighted by Gasteiger charge is -2.25. The van der Waals surface area contributed by atoms with Crippen LogP contribution in [0.1, 0.15) is 20.3 Å². The second-order valence-corrected chi connectivity index (χ2v) is 8.71. The second-order valence-electron chi connectivity index (χ2n) is 3.90. The molecule has 0 radical (unpaired) electrons. The molecule has 0 rings (SSSR count). The maximum Gasteiger partial charge on any atom is 0.228 e. The molecule has 0 aliphatic heterocycles. The fraction of sp³-hybridized carbons (Fsp3) is 1.00. The summed E-state index contributed by atoms with van der Waals surface area (Å²) >= 11 is 5.49. The van der Waals surface area contributed by atoms with Gasteiger partial charge in [-0.05, 0) is 20.3 Å². The van der Waals surface area contributed by atoms with Gasteiger partial charge in [-0.1, -0.05) is 0 Å². The minimum atomic E-state index is -3.76. The summed E-state index contributed by atoms with van der Waals surface area (Å²) in [6, 6.07) is -0.269. The van der Waals surface area contributed by atoms with Crippen molar-refractivity contribution in [3.05, 3.63) is 0 Å². The van der Waals surface area contributed by atoms with Crippen LogP contribution in [-0.2, 0) is 19.9 Å². The summed E-state index contributed by atoms with van der Waals surface area (Å²) < 4.78 is 46.8. The monoisotopic (exact) mass is 291 g/mol. The normalized spacial score (nSPS) is 13.6. The molecule has 0 saturated heterocycles. The summed E-state index contributed by atoms with van der Waals surface area (Å²) in [6.45, 7) is 3.65. The number of hydrogen-bond donors (Lipinski definition) is 0. The van der Waals surface area contributed by atoms with Gasteiger partial charge in [-0.25, -0.2) is 16.8 Å². The van der Waals surface area contributed by atoms with Crippen LogP contribution in [0.15, 0.2) is 0 Å². The van der Waals surface area contributed by atoms with Gasteiger partial charge in [0.25, 0.3) is 0 Å². The van der Waals surface area contributed by atoms with Gasteiger partial charge in [-0.3, -0.25) is 0 Å². The van der Waals surface area contributed by atoms with Crippen LogP contribution in [0.4, 0.5) is 0 Å². The molecular formula is C8H18ClNO4S2. The predicted octanol–water partition coefficient (Wildman–Crippen LogP) is 0.658. The average molecular weight is 292 g/mol. The Bertz CT molecular complexity index is 402. The van der Waals surface area contributed by atoms with Gasteiger partial charge < -0.3 is 0 Å². The molecule has 0 aliphatic rings. The van der Waals surface area contributed by atoms with Crippen molar-refractivity contribution >= 4 is 31.5 Å². The summed E-state index contributed by atoms with van der Waals surface area (Å²) in [5, 5.41) is -0.847. The molecular weight excluding hydrogens is 274 g/mol. The third-order valence-corrected chi connectivity index (χ3v) is 6.30. The Morgan fingerprint density at radius 3 is 2.00 bits per heavy atom. The van der Waals surface area contributed by atoms with Crippen molar-refractivity contribution in [2.75, 3.05) is 23.8 Å². The molecule has 0 N–H and O–H groups in total. The van der Waals surface area contributed by atoms with Crippen molar-refractivity contribution in [2.24, 2.45) is 0 Å². The van der Waals surface area contributed by atoms with Crippen LogP contribution in [0.3, 0.4) is 0 Å². The molecule has 16 heavy (non-hydrogen) atoms. The Morgan fingerprint density at radius 1 is 1.19 bits per heavy atom. The van der Waals surface area contributed by atoms with E-state index in [4.69, 9.17) is 11.6 Å². The second kappa shape index (κ2) is 6.18. The Kier molecular flexibility index (Phi) is 6.24. The molecule has 0 spiro atoms. The number of hydrogen-bond acceptors (Lipinski definition) is 4. The first-order chi connectivity index (χ1) is 7.10. The van der Waals surface area contributed by atoms with E-state index in [9.17, 15) is 16.8 Å². The summed E-state index contributed by atoms with van der Waals surface area (Å²) in [4.78, 5) is 0. The summed E-state index contributed by atoms with van der Waals surface area (Å²) in [7, 11) is -7.31. The topological polar surface area (TPSA) is 71.5 Å². The highest BCUT2D eigenvalue weighted by molar-refractivity contribution is 8.06. The minimum absolute atomic E-state index is 0.249. The largest absolute Gasteiger partial charge is 0.228 e. The number of sulfonamides is 1. The van der Waals surface area contributed by atoms with E-state index >= 15 is 0 Å². The van der Waals surface area contributed by atoms with Gasteiger partial charge in [0, 0.05) is 24.7 Å². The molecule has 0 aromatic rings. The molecule has 0 fully saturated rings. The number of halogens is 1. The van der Waals surface area contributed by atoms with E-state index in [1.165, 1.54) is 4.31 Å². The molecule has 0 amide bonds. The van der Waals surface area contributed by atoms with Crippen LogP contribution in [0.2, 0.25) is 0 Å². The average Bonchev–Trinajstić information content (AvgIpc) is 1.98. The van der Waals surface area contributed by atoms with E-state index < -0.39 is 24.9 Å². The standard InChI is InChI=1S/C8H18ClNO4S2/c1-8(2)10(6-4-5-9)16(13,14)7-15(3,11)12/h8H,4-7H2,1-3H3. The molecule has 0 aromatic carbocycles. The first-order valence-electron chi connectivity index (χ1n) is 4.83. The highest BCUT2D eigenvalue weighted by Crippen LogP contribution is 2.10. The van der Waals surface area contributed by atoms with Crippen LogP contribution < -0.4 is 0 Å². The van der Waals surface area contributed by atoms with Gasteiger partial charge in [0.1, 0.15) is 0 Å². The molecule has 98 valence electrons. The fourth-order valence-electron chi connectivity index (χ4n) is 1.27. The molecule has 0 bridgehead atoms. The van der Waals surface area contributed by atoms with E-state index in [0.717, 1.165) is 6.26 Å². The van der Waals surface area contributed by atoms with E-state index in [1.54, 1.807) is 13.8 Å². The number of rotatable bonds is 7. The minimum Gasteiger partial charge on any atom is -0.228 e. The first-order valence-corrected chi connectivity index (χ1v) is 9.04. The van der Waals surface area contributed by atoms with Crippen molar-refractivity contribution in [1.29, 1.82) is 0 Å². The van der Waals surface area contributed by atoms with Gasteiger partial charge in [-0.2, -0.15) is 4.31 Å². The lowest BCUT2D eigenvalue weighted by atomic mass is 10.4. The fourth-order valence-corrected chi connectivity index (χ4v) is 5.15. The van der Waals surface area contributed by atoms with Crippen molar-refractivity contribution in [2.45, 2.75) is 26.3 Å². The molecule has 8 heteroatoms. The van der Waals surface area contributed by atoms with E-state index in [1.807, 2.05) is 0 Å². The van der Waals surface area contributed by atoms with Gasteiger partial charge >= 0.3 is 0 Å². The van der Waals surface area contributed by atoms with E-state index in [0.29, 0.717) is 12.3 Å². The Labute approximate surface area is 103 Å². The SMILES string of the molecule is CC(C)N(CCCCl)S(=O)(=O)CS(C)(=O)=O. The Morgan fingerprint density at radius 2 is 1.69 bits per heavy atom. The highest BCUT2D eigenvalue weighted by atomic mass is 35.5. The van der Waals surface area contributed by atoms with Crippen LogP contribution in [0.5, 0.6) is 0 Å². The first kappa shape index (κ1) is 16.1. The molecule has 0 aromatic heterocycles. The van der Waals surface area contributed by atoms with Gasteiger partial charge in [0.15, 0.2) is 14.9 Å². The molecule has 0 saturated carbocycles. The molecule has 0 aliphatic carbocycles. The quantitative estimate of drug-likeness (QED) is 0.646. The van der Waals surface area contributed by atoms with Crippen LogP contribution in [-0.4, -0.2) is 50.9 Å². The Balaban J connectivity index is 4.91. The maximum absolute atomic E-state index is 11.8. The van der Waals surface area contributed by atoms with Crippen molar-refractivity contribution in [3.8, 4) is 0 Å². The Hall–Kier alpha value is 0.150. The van der Waals surface area contributed by atoms with Crippen LogP contribution >= 0.6 is 11.6 Å². The lowest BCUT2D eigenvalue weighted by molar-refractivity contribution is 0.357. The number of alkyl halides is 1. The van der Waals surface area contributed by atoms with Crippen molar-refractivity contribution in [1.82, 2.24) is 4.31 Å². The van der Waals surface area contributed by atoms with Gasteiger partial charge in [0.05, 0.1) is 0 Å². The third-order valence-electron chi connectivity index (χ3n) is 1.81. The summed E-state index contributed by atoms with van der Waals surface area (Å²) in [6.07, 6.45) is 1.41. The molecule has 0 heterocycles. The zero-order valence-electron chi connectivity index (χ0n) is 9.68. The number of sulfone groups is 1. The zero-order valence-corrected chi connectivity index (χ0v) is 12.1. The zero-order chi connectivity index (χ0) is 13.0. The lowest BCUT2D eigenvalue weighted by Crippen LogP contribution is -2.40. The van der Waals surface area contributed by atoms with Crippen molar-refractivity contribution in [3.63, 3.8) is 0 Å². The summed E-state index contributed by atoms with van der Waals surface area (Å²) in [5.74, 6) is 0.345. The number of nitrogens with zero attached hydrogens (tertiary/aromatic N) is 1. The van der Waals surface area contributed by atoms with Crippen LogP contribution in [0.25, 0.3) is 0 Å². The van der Waals surface area contributed by atoms with Crippen molar-refractivity contribution < 1.29 is 16.8 Å². The van der Waals surface area contributed by atoms with E-state index in [2.05, 4.69) is 0 Å². The smallest absolute Gasteiger partial charge is 0.228 e. The maximum atomic E-state index is 11.8. The van der Waals surface area contributed by atoms with Gasteiger partial charge in [0.2, 0.25) is 10.0 Å².